The Hall–Kier alpha value is -1.54. The van der Waals surface area contributed by atoms with Gasteiger partial charge in [-0.25, -0.2) is 0 Å². The summed E-state index contributed by atoms with van der Waals surface area (Å²) >= 11 is 0. The van der Waals surface area contributed by atoms with E-state index < -0.39 is 0 Å². The van der Waals surface area contributed by atoms with E-state index in [-0.39, 0.29) is 12.2 Å². The van der Waals surface area contributed by atoms with E-state index >= 15 is 0 Å². The number of rotatable bonds is 3. The van der Waals surface area contributed by atoms with Gasteiger partial charge in [0.1, 0.15) is 11.4 Å². The minimum absolute atomic E-state index is 0.111. The molecule has 0 atom stereocenters. The Bertz CT molecular complexity index is 515. The Balaban J connectivity index is 1.93. The molecule has 1 saturated carbocycles. The summed E-state index contributed by atoms with van der Waals surface area (Å²) in [7, 11) is 0. The van der Waals surface area contributed by atoms with Gasteiger partial charge in [0.2, 0.25) is 0 Å². The summed E-state index contributed by atoms with van der Waals surface area (Å²) in [5, 5.41) is 11.6. The number of ether oxygens (including phenoxy) is 1. The molecule has 1 N–H and O–H groups in total. The predicted octanol–water partition coefficient (Wildman–Crippen LogP) is 2.74. The number of benzene rings is 2. The molecule has 16 heavy (non-hydrogen) atoms. The van der Waals surface area contributed by atoms with Crippen molar-refractivity contribution in [3.05, 3.63) is 42.5 Å². The van der Waals surface area contributed by atoms with E-state index in [1.807, 2.05) is 24.3 Å². The molecule has 0 unspecified atom stereocenters. The Kier molecular flexibility index (Phi) is 2.11. The van der Waals surface area contributed by atoms with Gasteiger partial charge in [0.25, 0.3) is 0 Å². The van der Waals surface area contributed by atoms with Crippen molar-refractivity contribution < 1.29 is 9.84 Å². The quantitative estimate of drug-likeness (QED) is 0.851. The zero-order valence-electron chi connectivity index (χ0n) is 9.02. The van der Waals surface area contributed by atoms with Crippen LogP contribution in [0.3, 0.4) is 0 Å². The van der Waals surface area contributed by atoms with Gasteiger partial charge in [0.15, 0.2) is 0 Å². The first-order valence-electron chi connectivity index (χ1n) is 5.60. The van der Waals surface area contributed by atoms with Crippen LogP contribution in [0.5, 0.6) is 5.75 Å². The molecule has 1 aliphatic rings. The molecule has 0 spiro atoms. The monoisotopic (exact) mass is 214 g/mol. The van der Waals surface area contributed by atoms with E-state index in [9.17, 15) is 5.11 Å². The zero-order chi connectivity index (χ0) is 11.0. The second-order valence-corrected chi connectivity index (χ2v) is 4.45. The van der Waals surface area contributed by atoms with Crippen LogP contribution in [0, 0.1) is 0 Å². The lowest BCUT2D eigenvalue weighted by Crippen LogP contribution is -2.22. The minimum Gasteiger partial charge on any atom is -0.485 e. The molecule has 0 saturated heterocycles. The molecule has 3 rings (SSSR count). The fourth-order valence-corrected chi connectivity index (χ4v) is 1.91. The van der Waals surface area contributed by atoms with Gasteiger partial charge in [0.05, 0.1) is 6.61 Å². The van der Waals surface area contributed by atoms with Crippen LogP contribution in [0.4, 0.5) is 0 Å². The lowest BCUT2D eigenvalue weighted by Gasteiger charge is -2.15. The van der Waals surface area contributed by atoms with Crippen molar-refractivity contribution >= 4 is 10.8 Å². The van der Waals surface area contributed by atoms with Crippen LogP contribution >= 0.6 is 0 Å². The molecule has 0 heterocycles. The summed E-state index contributed by atoms with van der Waals surface area (Å²) < 4.78 is 5.82. The number of aliphatic hydroxyl groups excluding tert-OH is 1. The molecule has 1 aliphatic carbocycles. The molecule has 2 nitrogen and oxygen atoms in total. The Morgan fingerprint density at radius 3 is 2.50 bits per heavy atom. The molecule has 82 valence electrons. The van der Waals surface area contributed by atoms with Crippen molar-refractivity contribution in [3.63, 3.8) is 0 Å². The number of hydrogen-bond donors (Lipinski definition) is 1. The highest BCUT2D eigenvalue weighted by Crippen LogP contribution is 2.40. The fourth-order valence-electron chi connectivity index (χ4n) is 1.91. The fraction of sp³-hybridized carbons (Fsp3) is 0.286. The van der Waals surface area contributed by atoms with E-state index in [4.69, 9.17) is 4.74 Å². The van der Waals surface area contributed by atoms with Crippen molar-refractivity contribution in [3.8, 4) is 5.75 Å². The maximum atomic E-state index is 9.21. The number of hydrogen-bond acceptors (Lipinski definition) is 2. The minimum atomic E-state index is -0.289. The van der Waals surface area contributed by atoms with Crippen molar-refractivity contribution in [1.82, 2.24) is 0 Å². The summed E-state index contributed by atoms with van der Waals surface area (Å²) in [6.07, 6.45) is 1.91. The van der Waals surface area contributed by atoms with Gasteiger partial charge in [-0.1, -0.05) is 30.3 Å². The number of aliphatic hydroxyl groups is 1. The van der Waals surface area contributed by atoms with Gasteiger partial charge in [-0.2, -0.15) is 0 Å². The van der Waals surface area contributed by atoms with Gasteiger partial charge in [0, 0.05) is 0 Å². The first-order valence-corrected chi connectivity index (χ1v) is 5.60. The van der Waals surface area contributed by atoms with Crippen LogP contribution in [0.25, 0.3) is 10.8 Å². The molecule has 2 heteroatoms. The molecule has 0 radical (unpaired) electrons. The van der Waals surface area contributed by atoms with Crippen LogP contribution in [0.1, 0.15) is 12.8 Å². The summed E-state index contributed by atoms with van der Waals surface area (Å²) in [5.74, 6) is 0.852. The molecular formula is C14H14O2. The van der Waals surface area contributed by atoms with Gasteiger partial charge < -0.3 is 9.84 Å². The third-order valence-electron chi connectivity index (χ3n) is 3.15. The van der Waals surface area contributed by atoms with Gasteiger partial charge in [-0.15, -0.1) is 0 Å². The SMILES string of the molecule is OCC1(Oc2ccc3ccccc3c2)CC1. The van der Waals surface area contributed by atoms with Crippen molar-refractivity contribution in [1.29, 1.82) is 0 Å². The average Bonchev–Trinajstić information content (AvgIpc) is 3.09. The average molecular weight is 214 g/mol. The lowest BCUT2D eigenvalue weighted by atomic mass is 10.1. The van der Waals surface area contributed by atoms with E-state index in [2.05, 4.69) is 18.2 Å². The van der Waals surface area contributed by atoms with Crippen molar-refractivity contribution in [2.45, 2.75) is 18.4 Å². The molecule has 0 aromatic heterocycles. The second-order valence-electron chi connectivity index (χ2n) is 4.45. The molecular weight excluding hydrogens is 200 g/mol. The van der Waals surface area contributed by atoms with E-state index in [0.717, 1.165) is 18.6 Å². The maximum absolute atomic E-state index is 9.21. The summed E-state index contributed by atoms with van der Waals surface area (Å²) in [4.78, 5) is 0. The third kappa shape index (κ3) is 1.65. The zero-order valence-corrected chi connectivity index (χ0v) is 9.02. The van der Waals surface area contributed by atoms with Gasteiger partial charge in [-0.05, 0) is 35.7 Å². The number of fused-ring (bicyclic) bond motifs is 1. The Morgan fingerprint density at radius 2 is 1.81 bits per heavy atom. The smallest absolute Gasteiger partial charge is 0.132 e. The maximum Gasteiger partial charge on any atom is 0.132 e. The van der Waals surface area contributed by atoms with E-state index in [1.54, 1.807) is 0 Å². The molecule has 2 aromatic rings. The largest absolute Gasteiger partial charge is 0.485 e. The third-order valence-corrected chi connectivity index (χ3v) is 3.15. The van der Waals surface area contributed by atoms with Crippen molar-refractivity contribution in [2.75, 3.05) is 6.61 Å². The molecule has 0 aliphatic heterocycles. The lowest BCUT2D eigenvalue weighted by molar-refractivity contribution is 0.0955. The van der Waals surface area contributed by atoms with Crippen LogP contribution in [0.2, 0.25) is 0 Å². The predicted molar refractivity (Wildman–Crippen MR) is 63.6 cm³/mol. The molecule has 1 fully saturated rings. The molecule has 0 bridgehead atoms. The Morgan fingerprint density at radius 1 is 1.06 bits per heavy atom. The normalized spacial score (nSPS) is 17.3. The van der Waals surface area contributed by atoms with E-state index in [1.165, 1.54) is 10.8 Å². The molecule has 0 amide bonds. The second kappa shape index (κ2) is 3.49. The van der Waals surface area contributed by atoms with Crippen LogP contribution in [-0.2, 0) is 0 Å². The van der Waals surface area contributed by atoms with Crippen LogP contribution < -0.4 is 4.74 Å². The summed E-state index contributed by atoms with van der Waals surface area (Å²) in [5.41, 5.74) is -0.289. The summed E-state index contributed by atoms with van der Waals surface area (Å²) in [6.45, 7) is 0.111. The highest BCUT2D eigenvalue weighted by atomic mass is 16.5. The highest BCUT2D eigenvalue weighted by Gasteiger charge is 2.44. The highest BCUT2D eigenvalue weighted by molar-refractivity contribution is 5.83. The van der Waals surface area contributed by atoms with Gasteiger partial charge in [-0.3, -0.25) is 0 Å². The Labute approximate surface area is 94.5 Å². The first-order chi connectivity index (χ1) is 7.81. The topological polar surface area (TPSA) is 29.5 Å². The van der Waals surface area contributed by atoms with Gasteiger partial charge >= 0.3 is 0 Å². The van der Waals surface area contributed by atoms with Crippen LogP contribution in [0.15, 0.2) is 42.5 Å². The first kappa shape index (κ1) is 9.67. The van der Waals surface area contributed by atoms with Crippen LogP contribution in [-0.4, -0.2) is 17.3 Å². The van der Waals surface area contributed by atoms with E-state index in [0.29, 0.717) is 0 Å². The summed E-state index contributed by atoms with van der Waals surface area (Å²) in [6, 6.07) is 14.3. The van der Waals surface area contributed by atoms with Crippen molar-refractivity contribution in [2.24, 2.45) is 0 Å². The standard InChI is InChI=1S/C14H14O2/c15-10-14(7-8-14)16-13-6-5-11-3-1-2-4-12(11)9-13/h1-6,9,15H,7-8,10H2. The molecule has 2 aromatic carbocycles.